The van der Waals surface area contributed by atoms with E-state index in [1.807, 2.05) is 32.0 Å². The van der Waals surface area contributed by atoms with Crippen LogP contribution in [0.4, 0.5) is 0 Å². The summed E-state index contributed by atoms with van der Waals surface area (Å²) in [6.45, 7) is 3.80. The van der Waals surface area contributed by atoms with Crippen LogP contribution in [0.25, 0.3) is 44.3 Å². The third-order valence-electron chi connectivity index (χ3n) is 6.07. The summed E-state index contributed by atoms with van der Waals surface area (Å²) in [6, 6.07) is 25.1. The molecule has 0 aliphatic heterocycles. The summed E-state index contributed by atoms with van der Waals surface area (Å²) in [5.74, 6) is 7.09. The Labute approximate surface area is 201 Å². The molecule has 0 amide bonds. The molecule has 2 nitrogen and oxygen atoms in total. The van der Waals surface area contributed by atoms with Crippen LogP contribution in [0.15, 0.2) is 83.4 Å². The van der Waals surface area contributed by atoms with Crippen molar-refractivity contribution >= 4 is 39.6 Å². The molecule has 2 heterocycles. The maximum atomic E-state index is 8.50. The maximum absolute atomic E-state index is 8.50. The first-order valence-corrected chi connectivity index (χ1v) is 18.9. The Bertz CT molecular complexity index is 1530. The molecule has 33 heavy (non-hydrogen) atoms. The number of para-hydroxylation sites is 1. The minimum atomic E-state index is -1.84. The van der Waals surface area contributed by atoms with Gasteiger partial charge in [0, 0.05) is 8.94 Å². The minimum absolute atomic E-state index is 0.140. The van der Waals surface area contributed by atoms with E-state index in [9.17, 15) is 0 Å². The van der Waals surface area contributed by atoms with Gasteiger partial charge in [-0.25, -0.2) is 0 Å². The SMILES string of the molecule is [2H]C([2H])(c1ccnc(-c2cccc3c2oc2cc(-c4cc[c]([Ge]([CH3])([CH3])[CH3])cc4)ccc23)c1)C(C)C. The second kappa shape index (κ2) is 8.50. The monoisotopic (exact) mass is 497 g/mol. The Morgan fingerprint density at radius 3 is 2.36 bits per heavy atom. The van der Waals surface area contributed by atoms with Crippen LogP contribution >= 0.6 is 0 Å². The van der Waals surface area contributed by atoms with Gasteiger partial charge in [0.2, 0.25) is 0 Å². The van der Waals surface area contributed by atoms with Crippen LogP contribution in [-0.2, 0) is 6.37 Å². The predicted molar refractivity (Wildman–Crippen MR) is 144 cm³/mol. The Morgan fingerprint density at radius 2 is 1.64 bits per heavy atom. The van der Waals surface area contributed by atoms with Gasteiger partial charge in [0.05, 0.1) is 0 Å². The smallest absolute Gasteiger partial charge is 0.0625 e. The van der Waals surface area contributed by atoms with E-state index >= 15 is 0 Å². The van der Waals surface area contributed by atoms with E-state index in [0.29, 0.717) is 5.56 Å². The zero-order valence-corrected chi connectivity index (χ0v) is 22.0. The van der Waals surface area contributed by atoms with Gasteiger partial charge in [-0.3, -0.25) is 0 Å². The van der Waals surface area contributed by atoms with Crippen molar-refractivity contribution < 1.29 is 7.16 Å². The van der Waals surface area contributed by atoms with Gasteiger partial charge in [-0.05, 0) is 23.9 Å². The van der Waals surface area contributed by atoms with Gasteiger partial charge < -0.3 is 0 Å². The van der Waals surface area contributed by atoms with E-state index in [1.54, 1.807) is 12.3 Å². The molecule has 0 atom stereocenters. The number of fused-ring (bicyclic) bond motifs is 3. The van der Waals surface area contributed by atoms with Crippen molar-refractivity contribution in [3.63, 3.8) is 0 Å². The molecule has 166 valence electrons. The van der Waals surface area contributed by atoms with Gasteiger partial charge in [0.25, 0.3) is 0 Å². The second-order valence-electron chi connectivity index (χ2n) is 10.1. The molecule has 5 rings (SSSR count). The molecule has 0 unspecified atom stereocenters. The van der Waals surface area contributed by atoms with Crippen LogP contribution in [0.3, 0.4) is 0 Å². The average Bonchev–Trinajstić information content (AvgIpc) is 3.21. The van der Waals surface area contributed by atoms with E-state index in [4.69, 9.17) is 7.16 Å². The predicted octanol–water partition coefficient (Wildman–Crippen LogP) is 8.06. The topological polar surface area (TPSA) is 26.0 Å². The number of aromatic nitrogens is 1. The molecule has 0 aliphatic carbocycles. The molecule has 5 aromatic rings. The van der Waals surface area contributed by atoms with Gasteiger partial charge >= 0.3 is 155 Å². The summed E-state index contributed by atoms with van der Waals surface area (Å²) in [6.07, 6.45) is 0.260. The fourth-order valence-electron chi connectivity index (χ4n) is 4.34. The quantitative estimate of drug-likeness (QED) is 0.230. The van der Waals surface area contributed by atoms with E-state index in [1.165, 1.54) is 9.96 Å². The first kappa shape index (κ1) is 19.6. The standard InChI is InChI=1S/C30H31GeNO/c1-20(2)17-21-15-16-32-28(18-21)27-8-6-7-26-25-14-11-23(19-29(25)33-30(26)27)22-9-12-24(13-10-22)31(3,4)5/h6-16,18-20H,17H2,1-5H3/i17D2. The average molecular weight is 496 g/mol. The molecule has 0 spiro atoms. The molecule has 0 N–H and O–H groups in total. The summed E-state index contributed by atoms with van der Waals surface area (Å²) < 4.78 is 24.9. The zero-order chi connectivity index (χ0) is 25.0. The van der Waals surface area contributed by atoms with Crippen molar-refractivity contribution in [2.75, 3.05) is 0 Å². The molecule has 0 bridgehead atoms. The summed E-state index contributed by atoms with van der Waals surface area (Å²) in [5.41, 5.74) is 6.19. The molecule has 0 fully saturated rings. The van der Waals surface area contributed by atoms with Gasteiger partial charge in [0.15, 0.2) is 0 Å². The first-order valence-electron chi connectivity index (χ1n) is 12.6. The number of hydrogen-bond acceptors (Lipinski definition) is 2. The fraction of sp³-hybridized carbons (Fsp3) is 0.233. The zero-order valence-electron chi connectivity index (χ0n) is 21.9. The van der Waals surface area contributed by atoms with Crippen LogP contribution in [0.1, 0.15) is 22.2 Å². The summed E-state index contributed by atoms with van der Waals surface area (Å²) in [7, 11) is 0. The number of rotatable bonds is 5. The normalized spacial score (nSPS) is 13.5. The fourth-order valence-corrected chi connectivity index (χ4v) is 6.79. The van der Waals surface area contributed by atoms with Crippen molar-refractivity contribution in [3.05, 3.63) is 84.6 Å². The molecular formula is C30H31GeNO. The van der Waals surface area contributed by atoms with Crippen molar-refractivity contribution in [2.24, 2.45) is 5.92 Å². The Hall–Kier alpha value is -2.85. The third-order valence-corrected chi connectivity index (χ3v) is 10.4. The van der Waals surface area contributed by atoms with E-state index in [-0.39, 0.29) is 5.92 Å². The third kappa shape index (κ3) is 4.37. The van der Waals surface area contributed by atoms with Gasteiger partial charge in [-0.1, -0.05) is 13.8 Å². The minimum Gasteiger partial charge on any atom is -0.0625 e. The van der Waals surface area contributed by atoms with E-state index < -0.39 is 19.6 Å². The second-order valence-corrected chi connectivity index (χ2v) is 20.7. The molecule has 3 aromatic carbocycles. The van der Waals surface area contributed by atoms with Crippen molar-refractivity contribution in [1.29, 1.82) is 0 Å². The molecule has 3 heteroatoms. The van der Waals surface area contributed by atoms with Gasteiger partial charge in [0.1, 0.15) is 0 Å². The molecular weight excluding hydrogens is 463 g/mol. The Morgan fingerprint density at radius 1 is 0.879 bits per heavy atom. The summed E-state index contributed by atoms with van der Waals surface area (Å²) in [4.78, 5) is 4.57. The van der Waals surface area contributed by atoms with Gasteiger partial charge in [-0.15, -0.1) is 0 Å². The Balaban J connectivity index is 1.60. The van der Waals surface area contributed by atoms with Crippen LogP contribution in [0, 0.1) is 5.92 Å². The molecule has 0 aliphatic rings. The van der Waals surface area contributed by atoms with Crippen LogP contribution in [-0.4, -0.2) is 18.3 Å². The van der Waals surface area contributed by atoms with Crippen LogP contribution in [0.2, 0.25) is 17.3 Å². The van der Waals surface area contributed by atoms with Crippen LogP contribution in [0.5, 0.6) is 0 Å². The molecule has 0 saturated carbocycles. The number of nitrogens with zero attached hydrogens (tertiary/aromatic N) is 1. The summed E-state index contributed by atoms with van der Waals surface area (Å²) >= 11 is -1.84. The van der Waals surface area contributed by atoms with Gasteiger partial charge in [-0.2, -0.15) is 0 Å². The number of furan rings is 1. The van der Waals surface area contributed by atoms with E-state index in [2.05, 4.69) is 70.8 Å². The van der Waals surface area contributed by atoms with Crippen molar-refractivity contribution in [3.8, 4) is 22.4 Å². The first-order chi connectivity index (χ1) is 16.6. The summed E-state index contributed by atoms with van der Waals surface area (Å²) in [5, 5.41) is 2.11. The number of benzene rings is 3. The molecule has 0 saturated heterocycles. The van der Waals surface area contributed by atoms with Crippen LogP contribution < -0.4 is 4.40 Å². The Kier molecular flexibility index (Phi) is 5.05. The van der Waals surface area contributed by atoms with E-state index in [0.717, 1.165) is 38.8 Å². The van der Waals surface area contributed by atoms with Crippen molar-refractivity contribution in [1.82, 2.24) is 4.98 Å². The molecule has 2 aromatic heterocycles. The molecule has 0 radical (unpaired) electrons. The van der Waals surface area contributed by atoms with Crippen molar-refractivity contribution in [2.45, 2.75) is 37.5 Å². The number of pyridine rings is 1. The number of hydrogen-bond donors (Lipinski definition) is 0.